The fourth-order valence-corrected chi connectivity index (χ4v) is 0.888. The van der Waals surface area contributed by atoms with E-state index >= 15 is 0 Å². The van der Waals surface area contributed by atoms with Gasteiger partial charge in [-0.3, -0.25) is 4.90 Å². The second kappa shape index (κ2) is 3.43. The van der Waals surface area contributed by atoms with Gasteiger partial charge in [-0.1, -0.05) is 6.07 Å². The summed E-state index contributed by atoms with van der Waals surface area (Å²) in [7, 11) is 0.623. The van der Waals surface area contributed by atoms with Crippen molar-refractivity contribution in [2.24, 2.45) is 0 Å². The molecule has 0 aliphatic carbocycles. The summed E-state index contributed by atoms with van der Waals surface area (Å²) in [5.41, 5.74) is -0.836. The van der Waals surface area contributed by atoms with E-state index in [9.17, 15) is 22.0 Å². The van der Waals surface area contributed by atoms with E-state index in [1.165, 1.54) is 0 Å². The minimum atomic E-state index is -4.73. The number of hydrogen-bond donors (Lipinski definition) is 0. The number of rotatable bonds is 1. The number of anilines is 1. The van der Waals surface area contributed by atoms with Crippen LogP contribution in [0.3, 0.4) is 0 Å². The zero-order valence-corrected chi connectivity index (χ0v) is 7.07. The lowest BCUT2D eigenvalue weighted by Crippen LogP contribution is -2.34. The molecule has 0 aliphatic heterocycles. The van der Waals surface area contributed by atoms with Crippen LogP contribution in [-0.4, -0.2) is 13.3 Å². The lowest BCUT2D eigenvalue weighted by Gasteiger charge is -2.22. The SMILES string of the molecule is CN(c1cccc(F)c1F)C(F)(F)F. The number of alkyl halides is 3. The minimum Gasteiger partial charge on any atom is -0.284 e. The molecule has 0 saturated carbocycles. The van der Waals surface area contributed by atoms with Crippen molar-refractivity contribution in [3.63, 3.8) is 0 Å². The molecule has 1 aromatic carbocycles. The average molecular weight is 211 g/mol. The molecule has 0 bridgehead atoms. The van der Waals surface area contributed by atoms with Crippen molar-refractivity contribution in [3.05, 3.63) is 29.8 Å². The molecule has 0 aromatic heterocycles. The van der Waals surface area contributed by atoms with Crippen LogP contribution in [0.15, 0.2) is 18.2 Å². The molecule has 0 fully saturated rings. The van der Waals surface area contributed by atoms with Crippen LogP contribution in [0.25, 0.3) is 0 Å². The first-order valence-electron chi connectivity index (χ1n) is 3.58. The number of hydrogen-bond acceptors (Lipinski definition) is 1. The van der Waals surface area contributed by atoms with Gasteiger partial charge in [0.05, 0.1) is 5.69 Å². The molecule has 0 aliphatic rings. The van der Waals surface area contributed by atoms with E-state index in [0.29, 0.717) is 7.05 Å². The van der Waals surface area contributed by atoms with Crippen molar-refractivity contribution in [2.45, 2.75) is 6.30 Å². The van der Waals surface area contributed by atoms with E-state index in [-0.39, 0.29) is 4.90 Å². The van der Waals surface area contributed by atoms with Crippen molar-refractivity contribution in [1.29, 1.82) is 0 Å². The average Bonchev–Trinajstić information content (AvgIpc) is 2.07. The maximum absolute atomic E-state index is 12.9. The molecule has 0 N–H and O–H groups in total. The van der Waals surface area contributed by atoms with Crippen LogP contribution < -0.4 is 4.90 Å². The smallest absolute Gasteiger partial charge is 0.284 e. The van der Waals surface area contributed by atoms with Crippen LogP contribution >= 0.6 is 0 Å². The van der Waals surface area contributed by atoms with Gasteiger partial charge in [0.1, 0.15) is 0 Å². The quantitative estimate of drug-likeness (QED) is 0.510. The number of nitrogens with zero attached hydrogens (tertiary/aromatic N) is 1. The molecule has 0 amide bonds. The second-order valence-corrected chi connectivity index (χ2v) is 2.60. The molecule has 1 rings (SSSR count). The van der Waals surface area contributed by atoms with E-state index in [4.69, 9.17) is 0 Å². The Morgan fingerprint density at radius 2 is 1.71 bits per heavy atom. The molecule has 0 spiro atoms. The third-order valence-electron chi connectivity index (χ3n) is 1.67. The van der Waals surface area contributed by atoms with E-state index in [1.54, 1.807) is 0 Å². The van der Waals surface area contributed by atoms with E-state index in [0.717, 1.165) is 18.2 Å². The summed E-state index contributed by atoms with van der Waals surface area (Å²) >= 11 is 0. The predicted molar refractivity (Wildman–Crippen MR) is 40.8 cm³/mol. The standard InChI is InChI=1S/C8H6F5N/c1-14(8(11,12)13)6-4-2-3-5(9)7(6)10/h2-4H,1H3. The first-order valence-corrected chi connectivity index (χ1v) is 3.58. The molecule has 0 unspecified atom stereocenters. The predicted octanol–water partition coefficient (Wildman–Crippen LogP) is 2.92. The van der Waals surface area contributed by atoms with Crippen LogP contribution in [0.4, 0.5) is 27.6 Å². The zero-order chi connectivity index (χ0) is 10.9. The number of benzene rings is 1. The lowest BCUT2D eigenvalue weighted by molar-refractivity contribution is -0.126. The van der Waals surface area contributed by atoms with Crippen molar-refractivity contribution < 1.29 is 22.0 Å². The van der Waals surface area contributed by atoms with Gasteiger partial charge in [0.2, 0.25) is 0 Å². The first kappa shape index (κ1) is 10.7. The summed E-state index contributed by atoms with van der Waals surface area (Å²) in [5.74, 6) is -2.81. The molecule has 0 saturated heterocycles. The van der Waals surface area contributed by atoms with E-state index in [2.05, 4.69) is 0 Å². The topological polar surface area (TPSA) is 3.24 Å². The van der Waals surface area contributed by atoms with Gasteiger partial charge in [0, 0.05) is 7.05 Å². The molecular formula is C8H6F5N. The molecule has 0 atom stereocenters. The minimum absolute atomic E-state index is 0.286. The molecule has 0 radical (unpaired) electrons. The van der Waals surface area contributed by atoms with Gasteiger partial charge in [0.25, 0.3) is 0 Å². The molecule has 78 valence electrons. The summed E-state index contributed by atoms with van der Waals surface area (Å²) in [6.07, 6.45) is -4.73. The summed E-state index contributed by atoms with van der Waals surface area (Å²) in [5, 5.41) is 0. The molecule has 6 heteroatoms. The maximum Gasteiger partial charge on any atom is 0.484 e. The highest BCUT2D eigenvalue weighted by Gasteiger charge is 2.36. The third kappa shape index (κ3) is 1.94. The Morgan fingerprint density at radius 3 is 2.21 bits per heavy atom. The normalized spacial score (nSPS) is 11.6. The van der Waals surface area contributed by atoms with Crippen LogP contribution in [0, 0.1) is 11.6 Å². The fraction of sp³-hybridized carbons (Fsp3) is 0.250. The Bertz CT molecular complexity index is 333. The Balaban J connectivity index is 3.14. The van der Waals surface area contributed by atoms with Crippen molar-refractivity contribution >= 4 is 5.69 Å². The maximum atomic E-state index is 12.9. The summed E-state index contributed by atoms with van der Waals surface area (Å²) < 4.78 is 61.7. The van der Waals surface area contributed by atoms with Crippen LogP contribution in [0.1, 0.15) is 0 Å². The highest BCUT2D eigenvalue weighted by molar-refractivity contribution is 5.47. The van der Waals surface area contributed by atoms with E-state index in [1.807, 2.05) is 0 Å². The van der Waals surface area contributed by atoms with Gasteiger partial charge in [-0.25, -0.2) is 8.78 Å². The Hall–Kier alpha value is -1.33. The van der Waals surface area contributed by atoms with E-state index < -0.39 is 23.6 Å². The Labute approximate surface area is 76.7 Å². The van der Waals surface area contributed by atoms with Crippen molar-refractivity contribution in [3.8, 4) is 0 Å². The Kier molecular flexibility index (Phi) is 2.64. The van der Waals surface area contributed by atoms with Crippen LogP contribution in [0.5, 0.6) is 0 Å². The third-order valence-corrected chi connectivity index (χ3v) is 1.67. The second-order valence-electron chi connectivity index (χ2n) is 2.60. The molecule has 1 nitrogen and oxygen atoms in total. The highest BCUT2D eigenvalue weighted by atomic mass is 19.4. The van der Waals surface area contributed by atoms with Gasteiger partial charge in [-0.2, -0.15) is 13.2 Å². The first-order chi connectivity index (χ1) is 6.34. The largest absolute Gasteiger partial charge is 0.484 e. The van der Waals surface area contributed by atoms with Crippen molar-refractivity contribution in [2.75, 3.05) is 11.9 Å². The van der Waals surface area contributed by atoms with Gasteiger partial charge in [-0.05, 0) is 12.1 Å². The molecular weight excluding hydrogens is 205 g/mol. The van der Waals surface area contributed by atoms with Crippen molar-refractivity contribution in [1.82, 2.24) is 0 Å². The summed E-state index contributed by atoms with van der Waals surface area (Å²) in [6, 6.07) is 2.62. The number of halogens is 5. The molecule has 14 heavy (non-hydrogen) atoms. The van der Waals surface area contributed by atoms with Crippen LogP contribution in [-0.2, 0) is 0 Å². The lowest BCUT2D eigenvalue weighted by atomic mass is 10.3. The highest BCUT2D eigenvalue weighted by Crippen LogP contribution is 2.29. The zero-order valence-electron chi connectivity index (χ0n) is 7.07. The van der Waals surface area contributed by atoms with Gasteiger partial charge >= 0.3 is 6.30 Å². The van der Waals surface area contributed by atoms with Gasteiger partial charge in [0.15, 0.2) is 11.6 Å². The van der Waals surface area contributed by atoms with Crippen LogP contribution in [0.2, 0.25) is 0 Å². The van der Waals surface area contributed by atoms with Gasteiger partial charge in [-0.15, -0.1) is 0 Å². The Morgan fingerprint density at radius 1 is 1.14 bits per heavy atom. The molecule has 1 aromatic rings. The fourth-order valence-electron chi connectivity index (χ4n) is 0.888. The molecule has 0 heterocycles. The monoisotopic (exact) mass is 211 g/mol. The van der Waals surface area contributed by atoms with Gasteiger partial charge < -0.3 is 0 Å². The summed E-state index contributed by atoms with van der Waals surface area (Å²) in [6.45, 7) is 0. The summed E-state index contributed by atoms with van der Waals surface area (Å²) in [4.78, 5) is -0.286.